The molecule has 0 aliphatic rings. The van der Waals surface area contributed by atoms with Gasteiger partial charge in [0.15, 0.2) is 0 Å². The zero-order valence-corrected chi connectivity index (χ0v) is 9.74. The van der Waals surface area contributed by atoms with Crippen LogP contribution in [0.4, 0.5) is 0 Å². The third-order valence-corrected chi connectivity index (χ3v) is 3.44. The molecule has 0 bridgehead atoms. The van der Waals surface area contributed by atoms with E-state index in [1.54, 1.807) is 6.07 Å². The van der Waals surface area contributed by atoms with Crippen LogP contribution in [-0.4, -0.2) is 4.98 Å². The maximum absolute atomic E-state index is 11.6. The summed E-state index contributed by atoms with van der Waals surface area (Å²) in [5.41, 5.74) is 1.73. The largest absolute Gasteiger partial charge is 0.359 e. The van der Waals surface area contributed by atoms with Gasteiger partial charge in [0, 0.05) is 16.1 Å². The van der Waals surface area contributed by atoms with Crippen LogP contribution >= 0.6 is 27.5 Å². The molecule has 0 saturated carbocycles. The molecule has 1 N–H and O–H groups in total. The lowest BCUT2D eigenvalue weighted by molar-refractivity contribution is 1.35. The average Bonchev–Trinajstić information content (AvgIpc) is 2.17. The van der Waals surface area contributed by atoms with Gasteiger partial charge in [-0.1, -0.05) is 17.7 Å². The highest BCUT2D eigenvalue weighted by Gasteiger charge is 2.06. The summed E-state index contributed by atoms with van der Waals surface area (Å²) in [6.07, 6.45) is 1.51. The molecule has 0 radical (unpaired) electrons. The Morgan fingerprint density at radius 3 is 2.86 bits per heavy atom. The first-order chi connectivity index (χ1) is 6.61. The van der Waals surface area contributed by atoms with E-state index in [2.05, 4.69) is 20.9 Å². The smallest absolute Gasteiger partial charge is 0.207 e. The normalized spacial score (nSPS) is 10.8. The molecular formula is C10H7BrClNO. The molecule has 2 rings (SSSR count). The first-order valence-corrected chi connectivity index (χ1v) is 5.24. The van der Waals surface area contributed by atoms with E-state index in [1.165, 1.54) is 6.20 Å². The molecule has 0 fully saturated rings. The lowest BCUT2D eigenvalue weighted by Gasteiger charge is -2.03. The molecule has 0 unspecified atom stereocenters. The Morgan fingerprint density at radius 2 is 2.14 bits per heavy atom. The summed E-state index contributed by atoms with van der Waals surface area (Å²) < 4.78 is 0.906. The molecule has 0 aliphatic heterocycles. The van der Waals surface area contributed by atoms with Crippen molar-refractivity contribution in [1.82, 2.24) is 4.98 Å². The molecular weight excluding hydrogens is 265 g/mol. The molecule has 0 spiro atoms. The van der Waals surface area contributed by atoms with Gasteiger partial charge in [-0.25, -0.2) is 0 Å². The third kappa shape index (κ3) is 1.37. The summed E-state index contributed by atoms with van der Waals surface area (Å²) in [7, 11) is 0. The molecule has 2 aromatic rings. The van der Waals surface area contributed by atoms with Crippen molar-refractivity contribution in [3.63, 3.8) is 0 Å². The number of nitrogens with one attached hydrogen (secondary N) is 1. The molecule has 72 valence electrons. The minimum Gasteiger partial charge on any atom is -0.359 e. The van der Waals surface area contributed by atoms with E-state index < -0.39 is 0 Å². The lowest BCUT2D eigenvalue weighted by atomic mass is 10.1. The highest BCUT2D eigenvalue weighted by molar-refractivity contribution is 9.10. The summed E-state index contributed by atoms with van der Waals surface area (Å²) in [5.74, 6) is 0. The van der Waals surface area contributed by atoms with Crippen LogP contribution in [0.1, 0.15) is 5.56 Å². The van der Waals surface area contributed by atoms with E-state index in [1.807, 2.05) is 13.0 Å². The fraction of sp³-hybridized carbons (Fsp3) is 0.100. The van der Waals surface area contributed by atoms with Gasteiger partial charge in [-0.2, -0.15) is 0 Å². The molecule has 0 atom stereocenters. The Hall–Kier alpha value is -0.800. The highest BCUT2D eigenvalue weighted by Crippen LogP contribution is 2.24. The fourth-order valence-corrected chi connectivity index (χ4v) is 1.96. The van der Waals surface area contributed by atoms with Crippen LogP contribution in [0.2, 0.25) is 5.02 Å². The Labute approximate surface area is 94.0 Å². The van der Waals surface area contributed by atoms with E-state index in [9.17, 15) is 4.79 Å². The predicted octanol–water partition coefficient (Wildman–Crippen LogP) is 3.25. The van der Waals surface area contributed by atoms with Crippen LogP contribution in [0.25, 0.3) is 10.9 Å². The number of halogens is 2. The quantitative estimate of drug-likeness (QED) is 0.784. The molecule has 0 saturated heterocycles. The molecule has 4 heteroatoms. The van der Waals surface area contributed by atoms with Gasteiger partial charge in [0.2, 0.25) is 5.43 Å². The number of H-pyrrole nitrogens is 1. The number of benzene rings is 1. The number of hydrogen-bond donors (Lipinski definition) is 1. The molecule has 1 aromatic heterocycles. The summed E-state index contributed by atoms with van der Waals surface area (Å²) in [6.45, 7) is 1.97. The fourth-order valence-electron chi connectivity index (χ4n) is 1.34. The van der Waals surface area contributed by atoms with Gasteiger partial charge in [-0.05, 0) is 34.5 Å². The highest BCUT2D eigenvalue weighted by atomic mass is 79.9. The second-order valence-corrected chi connectivity index (χ2v) is 4.28. The number of fused-ring (bicyclic) bond motifs is 1. The van der Waals surface area contributed by atoms with Gasteiger partial charge in [-0.3, -0.25) is 4.79 Å². The Balaban J connectivity index is 3.02. The van der Waals surface area contributed by atoms with E-state index in [-0.39, 0.29) is 10.5 Å². The topological polar surface area (TPSA) is 32.9 Å². The van der Waals surface area contributed by atoms with Crippen molar-refractivity contribution in [2.75, 3.05) is 0 Å². The molecule has 14 heavy (non-hydrogen) atoms. The van der Waals surface area contributed by atoms with Crippen LogP contribution < -0.4 is 5.43 Å². The maximum Gasteiger partial charge on any atom is 0.207 e. The zero-order chi connectivity index (χ0) is 10.3. The summed E-state index contributed by atoms with van der Waals surface area (Å²) in [6, 6.07) is 3.66. The SMILES string of the molecule is Cc1ccc2c(=O)c(Cl)c[nH]c2c1Br. The van der Waals surface area contributed by atoms with E-state index in [4.69, 9.17) is 11.6 Å². The van der Waals surface area contributed by atoms with Gasteiger partial charge >= 0.3 is 0 Å². The van der Waals surface area contributed by atoms with Gasteiger partial charge < -0.3 is 4.98 Å². The lowest BCUT2D eigenvalue weighted by Crippen LogP contribution is -2.03. The maximum atomic E-state index is 11.6. The minimum absolute atomic E-state index is 0.138. The summed E-state index contributed by atoms with van der Waals surface area (Å²) in [4.78, 5) is 14.6. The van der Waals surface area contributed by atoms with Gasteiger partial charge in [0.25, 0.3) is 0 Å². The zero-order valence-electron chi connectivity index (χ0n) is 7.40. The first-order valence-electron chi connectivity index (χ1n) is 4.07. The number of pyridine rings is 1. The van der Waals surface area contributed by atoms with Crippen LogP contribution in [0.5, 0.6) is 0 Å². The van der Waals surface area contributed by atoms with Crippen molar-refractivity contribution in [3.05, 3.63) is 43.6 Å². The summed E-state index contributed by atoms with van der Waals surface area (Å²) >= 11 is 9.15. The minimum atomic E-state index is -0.138. The van der Waals surface area contributed by atoms with E-state index >= 15 is 0 Å². The van der Waals surface area contributed by atoms with E-state index in [0.29, 0.717) is 5.39 Å². The van der Waals surface area contributed by atoms with Crippen molar-refractivity contribution < 1.29 is 0 Å². The van der Waals surface area contributed by atoms with Gasteiger partial charge in [0.1, 0.15) is 5.02 Å². The second-order valence-electron chi connectivity index (χ2n) is 3.08. The molecule has 1 heterocycles. The molecule has 1 aromatic carbocycles. The number of aromatic amines is 1. The number of aromatic nitrogens is 1. The van der Waals surface area contributed by atoms with Crippen molar-refractivity contribution in [2.24, 2.45) is 0 Å². The van der Waals surface area contributed by atoms with Crippen molar-refractivity contribution in [2.45, 2.75) is 6.92 Å². The first kappa shape index (κ1) is 9.74. The summed E-state index contributed by atoms with van der Waals surface area (Å²) in [5, 5.41) is 0.822. The number of rotatable bonds is 0. The Kier molecular flexibility index (Phi) is 2.37. The average molecular weight is 273 g/mol. The van der Waals surface area contributed by atoms with Crippen LogP contribution in [-0.2, 0) is 0 Å². The monoisotopic (exact) mass is 271 g/mol. The second kappa shape index (κ2) is 3.41. The standard InChI is InChI=1S/C10H7BrClNO/c1-5-2-3-6-9(8(5)11)13-4-7(12)10(6)14/h2-4H,1H3,(H,13,14). The Morgan fingerprint density at radius 1 is 1.43 bits per heavy atom. The molecule has 0 aliphatic carbocycles. The number of hydrogen-bond acceptors (Lipinski definition) is 1. The number of aryl methyl sites for hydroxylation is 1. The predicted molar refractivity (Wildman–Crippen MR) is 62.0 cm³/mol. The van der Waals surface area contributed by atoms with Crippen molar-refractivity contribution in [3.8, 4) is 0 Å². The van der Waals surface area contributed by atoms with Crippen molar-refractivity contribution >= 4 is 38.4 Å². The van der Waals surface area contributed by atoms with Crippen LogP contribution in [0, 0.1) is 6.92 Å². The Bertz CT molecular complexity index is 562. The molecule has 2 nitrogen and oxygen atoms in total. The van der Waals surface area contributed by atoms with Crippen LogP contribution in [0.15, 0.2) is 27.6 Å². The van der Waals surface area contributed by atoms with Gasteiger partial charge in [0.05, 0.1) is 5.52 Å². The van der Waals surface area contributed by atoms with E-state index in [0.717, 1.165) is 15.6 Å². The molecule has 0 amide bonds. The van der Waals surface area contributed by atoms with Crippen molar-refractivity contribution in [1.29, 1.82) is 0 Å². The van der Waals surface area contributed by atoms with Gasteiger partial charge in [-0.15, -0.1) is 0 Å². The third-order valence-electron chi connectivity index (χ3n) is 2.14. The van der Waals surface area contributed by atoms with Crippen LogP contribution in [0.3, 0.4) is 0 Å².